The molecule has 0 unspecified atom stereocenters. The van der Waals surface area contributed by atoms with Crippen molar-refractivity contribution in [3.8, 4) is 0 Å². The molecule has 1 aromatic rings. The summed E-state index contributed by atoms with van der Waals surface area (Å²) < 4.78 is 0. The Balaban J connectivity index is 1.95. The van der Waals surface area contributed by atoms with Crippen LogP contribution >= 0.6 is 0 Å². The molecule has 0 aromatic heterocycles. The average molecular weight is 333 g/mol. The summed E-state index contributed by atoms with van der Waals surface area (Å²) in [6.07, 6.45) is 4.80. The molecular weight excluding hydrogens is 302 g/mol. The highest BCUT2D eigenvalue weighted by molar-refractivity contribution is 5.89. The zero-order valence-corrected chi connectivity index (χ0v) is 15.2. The smallest absolute Gasteiger partial charge is 0.319 e. The number of aliphatic hydroxyl groups excluding tert-OH is 1. The molecule has 3 N–H and O–H groups in total. The van der Waals surface area contributed by atoms with Gasteiger partial charge in [-0.3, -0.25) is 0 Å². The van der Waals surface area contributed by atoms with Gasteiger partial charge in [0.25, 0.3) is 0 Å². The summed E-state index contributed by atoms with van der Waals surface area (Å²) in [7, 11) is 2.11. The van der Waals surface area contributed by atoms with Crippen LogP contribution in [0.25, 0.3) is 0 Å². The molecule has 2 rings (SSSR count). The molecule has 1 aromatic carbocycles. The van der Waals surface area contributed by atoms with E-state index in [1.165, 1.54) is 11.3 Å². The van der Waals surface area contributed by atoms with E-state index in [9.17, 15) is 9.90 Å². The molecular formula is C19H31N3O2. The molecule has 0 aliphatic carbocycles. The number of anilines is 2. The summed E-state index contributed by atoms with van der Waals surface area (Å²) in [5.74, 6) is 0. The maximum atomic E-state index is 12.2. The minimum Gasteiger partial charge on any atom is -0.396 e. The van der Waals surface area contributed by atoms with Gasteiger partial charge in [0, 0.05) is 38.1 Å². The van der Waals surface area contributed by atoms with Gasteiger partial charge in [-0.2, -0.15) is 0 Å². The molecule has 0 radical (unpaired) electrons. The van der Waals surface area contributed by atoms with Crippen molar-refractivity contribution in [3.05, 3.63) is 23.8 Å². The number of rotatable bonds is 7. The maximum absolute atomic E-state index is 12.2. The van der Waals surface area contributed by atoms with E-state index in [1.807, 2.05) is 6.07 Å². The standard InChI is InChI=1S/C19H31N3O2/c1-4-19(5-2,10-12-23)14-20-18(24)21-16-8-9-17-15(13-16)7-6-11-22(17)3/h8-9,13,23H,4-7,10-12,14H2,1-3H3,(H2,20,21,24). The zero-order valence-electron chi connectivity index (χ0n) is 15.2. The monoisotopic (exact) mass is 333 g/mol. The van der Waals surface area contributed by atoms with Crippen molar-refractivity contribution in [2.45, 2.75) is 46.0 Å². The van der Waals surface area contributed by atoms with Gasteiger partial charge in [0.15, 0.2) is 0 Å². The van der Waals surface area contributed by atoms with E-state index in [0.29, 0.717) is 13.0 Å². The molecule has 1 heterocycles. The van der Waals surface area contributed by atoms with Crippen molar-refractivity contribution in [1.29, 1.82) is 0 Å². The quantitative estimate of drug-likeness (QED) is 0.717. The molecule has 134 valence electrons. The van der Waals surface area contributed by atoms with Crippen LogP contribution in [-0.2, 0) is 6.42 Å². The maximum Gasteiger partial charge on any atom is 0.319 e. The molecule has 0 saturated heterocycles. The predicted molar refractivity (Wildman–Crippen MR) is 99.8 cm³/mol. The minimum atomic E-state index is -0.177. The fourth-order valence-electron chi connectivity index (χ4n) is 3.49. The normalized spacial score (nSPS) is 14.2. The number of nitrogens with zero attached hydrogens (tertiary/aromatic N) is 1. The average Bonchev–Trinajstić information content (AvgIpc) is 2.59. The Morgan fingerprint density at radius 3 is 2.75 bits per heavy atom. The van der Waals surface area contributed by atoms with Gasteiger partial charge in [-0.1, -0.05) is 13.8 Å². The van der Waals surface area contributed by atoms with Crippen LogP contribution in [0.1, 0.15) is 45.1 Å². The van der Waals surface area contributed by atoms with Crippen molar-refractivity contribution in [1.82, 2.24) is 5.32 Å². The van der Waals surface area contributed by atoms with Gasteiger partial charge in [0.1, 0.15) is 0 Å². The van der Waals surface area contributed by atoms with Crippen LogP contribution in [0.4, 0.5) is 16.2 Å². The van der Waals surface area contributed by atoms with Crippen molar-refractivity contribution in [2.24, 2.45) is 5.41 Å². The number of urea groups is 1. The molecule has 0 fully saturated rings. The van der Waals surface area contributed by atoms with Gasteiger partial charge < -0.3 is 20.6 Å². The number of aryl methyl sites for hydroxylation is 1. The van der Waals surface area contributed by atoms with Gasteiger partial charge in [-0.05, 0) is 61.3 Å². The molecule has 0 saturated carbocycles. The fourth-order valence-corrected chi connectivity index (χ4v) is 3.49. The molecule has 5 heteroatoms. The topological polar surface area (TPSA) is 64.6 Å². The van der Waals surface area contributed by atoms with Crippen molar-refractivity contribution >= 4 is 17.4 Å². The van der Waals surface area contributed by atoms with Crippen LogP contribution < -0.4 is 15.5 Å². The minimum absolute atomic E-state index is 0.0232. The number of carbonyl (C=O) groups is 1. The van der Waals surface area contributed by atoms with Crippen LogP contribution in [0, 0.1) is 5.41 Å². The lowest BCUT2D eigenvalue weighted by Gasteiger charge is -2.31. The van der Waals surface area contributed by atoms with Crippen LogP contribution in [0.2, 0.25) is 0 Å². The first-order valence-corrected chi connectivity index (χ1v) is 9.03. The Kier molecular flexibility index (Phi) is 6.49. The fraction of sp³-hybridized carbons (Fsp3) is 0.632. The van der Waals surface area contributed by atoms with Crippen molar-refractivity contribution in [2.75, 3.05) is 37.0 Å². The highest BCUT2D eigenvalue weighted by Crippen LogP contribution is 2.30. The molecule has 24 heavy (non-hydrogen) atoms. The van der Waals surface area contributed by atoms with Gasteiger partial charge >= 0.3 is 6.03 Å². The van der Waals surface area contributed by atoms with Gasteiger partial charge in [0.05, 0.1) is 0 Å². The SMILES string of the molecule is CCC(CC)(CCO)CNC(=O)Nc1ccc2c(c1)CCCN2C. The third-order valence-corrected chi connectivity index (χ3v) is 5.45. The predicted octanol–water partition coefficient (Wildman–Crippen LogP) is 3.38. The highest BCUT2D eigenvalue weighted by Gasteiger charge is 2.26. The Labute approximate surface area is 145 Å². The third-order valence-electron chi connectivity index (χ3n) is 5.45. The van der Waals surface area contributed by atoms with E-state index in [-0.39, 0.29) is 18.1 Å². The first-order chi connectivity index (χ1) is 11.5. The van der Waals surface area contributed by atoms with E-state index in [0.717, 1.165) is 37.9 Å². The Morgan fingerprint density at radius 2 is 2.08 bits per heavy atom. The number of aliphatic hydroxyl groups is 1. The molecule has 1 aliphatic heterocycles. The molecule has 0 bridgehead atoms. The second-order valence-electron chi connectivity index (χ2n) is 6.86. The van der Waals surface area contributed by atoms with Gasteiger partial charge in [-0.25, -0.2) is 4.79 Å². The summed E-state index contributed by atoms with van der Waals surface area (Å²) in [5, 5.41) is 15.2. The van der Waals surface area contributed by atoms with Crippen molar-refractivity contribution < 1.29 is 9.90 Å². The number of nitrogens with one attached hydrogen (secondary N) is 2. The first-order valence-electron chi connectivity index (χ1n) is 9.03. The van der Waals surface area contributed by atoms with Gasteiger partial charge in [-0.15, -0.1) is 0 Å². The number of amides is 2. The summed E-state index contributed by atoms with van der Waals surface area (Å²) in [4.78, 5) is 14.5. The number of hydrogen-bond acceptors (Lipinski definition) is 3. The molecule has 0 spiro atoms. The summed E-state index contributed by atoms with van der Waals surface area (Å²) in [6.45, 7) is 6.04. The van der Waals surface area contributed by atoms with Crippen molar-refractivity contribution in [3.63, 3.8) is 0 Å². The Morgan fingerprint density at radius 1 is 1.33 bits per heavy atom. The molecule has 2 amide bonds. The van der Waals surface area contributed by atoms with E-state index in [4.69, 9.17) is 0 Å². The van der Waals surface area contributed by atoms with E-state index in [1.54, 1.807) is 0 Å². The van der Waals surface area contributed by atoms with E-state index in [2.05, 4.69) is 48.6 Å². The summed E-state index contributed by atoms with van der Waals surface area (Å²) >= 11 is 0. The number of fused-ring (bicyclic) bond motifs is 1. The highest BCUT2D eigenvalue weighted by atomic mass is 16.3. The lowest BCUT2D eigenvalue weighted by molar-refractivity contribution is 0.165. The molecule has 1 aliphatic rings. The van der Waals surface area contributed by atoms with Crippen LogP contribution in [-0.4, -0.2) is 37.9 Å². The molecule has 0 atom stereocenters. The number of benzene rings is 1. The van der Waals surface area contributed by atoms with E-state index < -0.39 is 0 Å². The number of carbonyl (C=O) groups excluding carboxylic acids is 1. The molecule has 5 nitrogen and oxygen atoms in total. The van der Waals surface area contributed by atoms with Crippen LogP contribution in [0.15, 0.2) is 18.2 Å². The lowest BCUT2D eigenvalue weighted by atomic mass is 9.79. The summed E-state index contributed by atoms with van der Waals surface area (Å²) in [6, 6.07) is 5.94. The number of hydrogen-bond donors (Lipinski definition) is 3. The summed E-state index contributed by atoms with van der Waals surface area (Å²) in [5.41, 5.74) is 3.36. The van der Waals surface area contributed by atoms with Crippen LogP contribution in [0.3, 0.4) is 0 Å². The zero-order chi connectivity index (χ0) is 17.6. The Hall–Kier alpha value is -1.75. The lowest BCUT2D eigenvalue weighted by Crippen LogP contribution is -2.39. The van der Waals surface area contributed by atoms with E-state index >= 15 is 0 Å². The second kappa shape index (κ2) is 8.38. The van der Waals surface area contributed by atoms with Crippen LogP contribution in [0.5, 0.6) is 0 Å². The first kappa shape index (κ1) is 18.6. The third kappa shape index (κ3) is 4.41. The largest absolute Gasteiger partial charge is 0.396 e. The second-order valence-corrected chi connectivity index (χ2v) is 6.86. The Bertz CT molecular complexity index is 556. The van der Waals surface area contributed by atoms with Gasteiger partial charge in [0.2, 0.25) is 0 Å².